The molecular formula is C34H37N3O5S. The molecule has 0 aliphatic rings. The minimum absolute atomic E-state index is 0.0495. The van der Waals surface area contributed by atoms with Crippen molar-refractivity contribution in [3.8, 4) is 5.75 Å². The third-order valence-corrected chi connectivity index (χ3v) is 8.82. The van der Waals surface area contributed by atoms with Gasteiger partial charge in [0.15, 0.2) is 0 Å². The summed E-state index contributed by atoms with van der Waals surface area (Å²) in [5, 5.41) is 2.87. The van der Waals surface area contributed by atoms with Gasteiger partial charge in [-0.2, -0.15) is 0 Å². The van der Waals surface area contributed by atoms with Crippen molar-refractivity contribution in [2.75, 3.05) is 24.5 Å². The van der Waals surface area contributed by atoms with Gasteiger partial charge in [-0.3, -0.25) is 13.9 Å². The van der Waals surface area contributed by atoms with E-state index in [1.54, 1.807) is 42.5 Å². The molecule has 2 amide bonds. The van der Waals surface area contributed by atoms with E-state index in [0.29, 0.717) is 18.0 Å². The highest BCUT2D eigenvalue weighted by Gasteiger charge is 2.34. The molecule has 0 radical (unpaired) electrons. The first-order valence-electron chi connectivity index (χ1n) is 14.1. The Bertz CT molecular complexity index is 1610. The molecule has 9 heteroatoms. The molecule has 8 nitrogen and oxygen atoms in total. The molecule has 1 N–H and O–H groups in total. The van der Waals surface area contributed by atoms with Gasteiger partial charge in [0.25, 0.3) is 10.0 Å². The van der Waals surface area contributed by atoms with Gasteiger partial charge in [-0.05, 0) is 61.4 Å². The van der Waals surface area contributed by atoms with Crippen LogP contribution in [0.3, 0.4) is 0 Å². The molecule has 4 aromatic carbocycles. The summed E-state index contributed by atoms with van der Waals surface area (Å²) in [4.78, 5) is 29.5. The van der Waals surface area contributed by atoms with Crippen molar-refractivity contribution < 1.29 is 22.7 Å². The predicted octanol–water partition coefficient (Wildman–Crippen LogP) is 4.98. The zero-order valence-corrected chi connectivity index (χ0v) is 25.5. The van der Waals surface area contributed by atoms with Crippen molar-refractivity contribution in [2.24, 2.45) is 0 Å². The average Bonchev–Trinajstić information content (AvgIpc) is 3.02. The fraction of sp³-hybridized carbons (Fsp3) is 0.235. The number of carbonyl (C=O) groups is 2. The molecule has 43 heavy (non-hydrogen) atoms. The van der Waals surface area contributed by atoms with Crippen LogP contribution in [0.25, 0.3) is 0 Å². The Morgan fingerprint density at radius 2 is 1.47 bits per heavy atom. The van der Waals surface area contributed by atoms with E-state index in [2.05, 4.69) is 5.32 Å². The number of amides is 2. The van der Waals surface area contributed by atoms with Crippen molar-refractivity contribution in [3.63, 3.8) is 0 Å². The van der Waals surface area contributed by atoms with Crippen LogP contribution in [0.4, 0.5) is 5.69 Å². The summed E-state index contributed by atoms with van der Waals surface area (Å²) in [7, 11) is -2.63. The number of carbonyl (C=O) groups excluding carboxylic acids is 2. The number of ether oxygens (including phenoxy) is 1. The Kier molecular flexibility index (Phi) is 10.6. The van der Waals surface area contributed by atoms with Crippen LogP contribution in [0.5, 0.6) is 5.75 Å². The highest BCUT2D eigenvalue weighted by atomic mass is 32.2. The lowest BCUT2D eigenvalue weighted by Crippen LogP contribution is -2.53. The zero-order valence-electron chi connectivity index (χ0n) is 24.6. The van der Waals surface area contributed by atoms with E-state index in [1.807, 2.05) is 68.4 Å². The van der Waals surface area contributed by atoms with Gasteiger partial charge in [0.05, 0.1) is 17.7 Å². The summed E-state index contributed by atoms with van der Waals surface area (Å²) in [6.07, 6.45) is 0.262. The maximum atomic E-state index is 14.4. The normalized spacial score (nSPS) is 11.8. The van der Waals surface area contributed by atoms with Crippen LogP contribution in [0.2, 0.25) is 0 Å². The third kappa shape index (κ3) is 8.02. The van der Waals surface area contributed by atoms with Gasteiger partial charge >= 0.3 is 0 Å². The first-order chi connectivity index (χ1) is 20.7. The topological polar surface area (TPSA) is 96.0 Å². The number of benzene rings is 4. The summed E-state index contributed by atoms with van der Waals surface area (Å²) < 4.78 is 34.3. The zero-order chi connectivity index (χ0) is 30.8. The molecular weight excluding hydrogens is 562 g/mol. The van der Waals surface area contributed by atoms with E-state index < -0.39 is 28.5 Å². The highest BCUT2D eigenvalue weighted by molar-refractivity contribution is 7.92. The largest absolute Gasteiger partial charge is 0.497 e. The maximum Gasteiger partial charge on any atom is 0.264 e. The Morgan fingerprint density at radius 3 is 2.07 bits per heavy atom. The van der Waals surface area contributed by atoms with Gasteiger partial charge in [-0.25, -0.2) is 8.42 Å². The average molecular weight is 600 g/mol. The van der Waals surface area contributed by atoms with Gasteiger partial charge in [0, 0.05) is 19.5 Å². The minimum atomic E-state index is -4.15. The van der Waals surface area contributed by atoms with E-state index in [0.717, 1.165) is 21.0 Å². The lowest BCUT2D eigenvalue weighted by molar-refractivity contribution is -0.140. The monoisotopic (exact) mass is 599 g/mol. The molecule has 0 aromatic heterocycles. The summed E-state index contributed by atoms with van der Waals surface area (Å²) in [5.74, 6) is -0.273. The number of rotatable bonds is 13. The lowest BCUT2D eigenvalue weighted by atomic mass is 10.0. The molecule has 0 saturated heterocycles. The van der Waals surface area contributed by atoms with E-state index in [1.165, 1.54) is 24.1 Å². The summed E-state index contributed by atoms with van der Waals surface area (Å²) in [5.41, 5.74) is 3.02. The van der Waals surface area contributed by atoms with Crippen molar-refractivity contribution >= 4 is 27.5 Å². The Labute approximate surface area is 254 Å². The van der Waals surface area contributed by atoms with E-state index >= 15 is 0 Å². The first-order valence-corrected chi connectivity index (χ1v) is 15.6. The SMILES string of the molecule is CCNC(=O)[C@@H](Cc1ccccc1)N(Cc1cccc(C)c1)C(=O)CN(c1ccc(OC)cc1)S(=O)(=O)c1ccccc1. The van der Waals surface area contributed by atoms with Crippen LogP contribution in [-0.4, -0.2) is 51.4 Å². The third-order valence-electron chi connectivity index (χ3n) is 7.03. The van der Waals surface area contributed by atoms with Gasteiger partial charge < -0.3 is 15.0 Å². The van der Waals surface area contributed by atoms with Crippen LogP contribution >= 0.6 is 0 Å². The number of aryl methyl sites for hydroxylation is 1. The molecule has 0 saturated carbocycles. The number of anilines is 1. The Morgan fingerprint density at radius 1 is 0.837 bits per heavy atom. The van der Waals surface area contributed by atoms with Crippen molar-refractivity contribution in [1.29, 1.82) is 0 Å². The first kappa shape index (κ1) is 31.3. The second-order valence-electron chi connectivity index (χ2n) is 10.1. The Hall–Kier alpha value is -4.63. The van der Waals surface area contributed by atoms with Crippen LogP contribution in [0.15, 0.2) is 114 Å². The van der Waals surface area contributed by atoms with Crippen LogP contribution in [0.1, 0.15) is 23.6 Å². The Balaban J connectivity index is 1.79. The van der Waals surface area contributed by atoms with E-state index in [4.69, 9.17) is 4.74 Å². The number of hydrogen-bond donors (Lipinski definition) is 1. The predicted molar refractivity (Wildman–Crippen MR) is 168 cm³/mol. The van der Waals surface area contributed by atoms with E-state index in [9.17, 15) is 18.0 Å². The molecule has 0 unspecified atom stereocenters. The minimum Gasteiger partial charge on any atom is -0.497 e. The fourth-order valence-electron chi connectivity index (χ4n) is 4.85. The van der Waals surface area contributed by atoms with Crippen molar-refractivity contribution in [1.82, 2.24) is 10.2 Å². The smallest absolute Gasteiger partial charge is 0.264 e. The van der Waals surface area contributed by atoms with Gasteiger partial charge in [-0.1, -0.05) is 78.4 Å². The second-order valence-corrected chi connectivity index (χ2v) is 12.0. The number of methoxy groups -OCH3 is 1. The molecule has 0 spiro atoms. The lowest BCUT2D eigenvalue weighted by Gasteiger charge is -2.34. The molecule has 0 aliphatic heterocycles. The summed E-state index contributed by atoms with van der Waals surface area (Å²) >= 11 is 0. The summed E-state index contributed by atoms with van der Waals surface area (Å²) in [6, 6.07) is 30.8. The van der Waals surface area contributed by atoms with Gasteiger partial charge in [0.2, 0.25) is 11.8 Å². The quantitative estimate of drug-likeness (QED) is 0.234. The fourth-order valence-corrected chi connectivity index (χ4v) is 6.29. The second kappa shape index (κ2) is 14.5. The van der Waals surface area contributed by atoms with E-state index in [-0.39, 0.29) is 23.8 Å². The molecule has 224 valence electrons. The molecule has 4 aromatic rings. The maximum absolute atomic E-state index is 14.4. The van der Waals surface area contributed by atoms with Crippen LogP contribution < -0.4 is 14.4 Å². The summed E-state index contributed by atoms with van der Waals surface area (Å²) in [6.45, 7) is 3.77. The molecule has 4 rings (SSSR count). The number of nitrogens with zero attached hydrogens (tertiary/aromatic N) is 2. The molecule has 0 aliphatic carbocycles. The van der Waals surface area contributed by atoms with Gasteiger partial charge in [0.1, 0.15) is 18.3 Å². The molecule has 0 bridgehead atoms. The molecule has 1 atom stereocenters. The van der Waals surface area contributed by atoms with Crippen molar-refractivity contribution in [3.05, 3.63) is 126 Å². The number of hydrogen-bond acceptors (Lipinski definition) is 5. The number of sulfonamides is 1. The van der Waals surface area contributed by atoms with Crippen LogP contribution in [-0.2, 0) is 32.6 Å². The van der Waals surface area contributed by atoms with Crippen molar-refractivity contribution in [2.45, 2.75) is 37.8 Å². The molecule has 0 fully saturated rings. The number of likely N-dealkylation sites (N-methyl/N-ethyl adjacent to an activating group) is 1. The highest BCUT2D eigenvalue weighted by Crippen LogP contribution is 2.27. The number of nitrogens with one attached hydrogen (secondary N) is 1. The van der Waals surface area contributed by atoms with Crippen LogP contribution in [0, 0.1) is 6.92 Å². The standard InChI is InChI=1S/C34H37N3O5S/c1-4-35-34(39)32(23-27-13-7-5-8-14-27)36(24-28-15-11-12-26(2)22-28)33(38)25-37(29-18-20-30(42-3)21-19-29)43(40,41)31-16-9-6-10-17-31/h5-22,32H,4,23-25H2,1-3H3,(H,35,39)/t32-/m1/s1. The molecule has 0 heterocycles. The van der Waals surface area contributed by atoms with Gasteiger partial charge in [-0.15, -0.1) is 0 Å².